The Morgan fingerprint density at radius 2 is 1.74 bits per heavy atom. The van der Waals surface area contributed by atoms with E-state index in [1.54, 1.807) is 42.5 Å². The van der Waals surface area contributed by atoms with E-state index in [0.717, 1.165) is 6.42 Å². The second-order valence-electron chi connectivity index (χ2n) is 6.20. The van der Waals surface area contributed by atoms with Crippen LogP contribution in [0.25, 0.3) is 0 Å². The molecule has 1 aliphatic rings. The summed E-state index contributed by atoms with van der Waals surface area (Å²) in [5, 5.41) is 2.80. The van der Waals surface area contributed by atoms with Crippen molar-refractivity contribution in [2.75, 3.05) is 36.1 Å². The largest absolute Gasteiger partial charge is 0.497 e. The smallest absolute Gasteiger partial charge is 0.255 e. The molecule has 144 valence electrons. The molecule has 27 heavy (non-hydrogen) atoms. The number of methoxy groups -OCH3 is 2. The second-order valence-corrected chi connectivity index (χ2v) is 8.21. The predicted molar refractivity (Wildman–Crippen MR) is 104 cm³/mol. The van der Waals surface area contributed by atoms with Crippen molar-refractivity contribution in [1.29, 1.82) is 0 Å². The Kier molecular flexibility index (Phi) is 5.55. The summed E-state index contributed by atoms with van der Waals surface area (Å²) in [7, 11) is -0.279. The number of benzene rings is 2. The molecule has 8 heteroatoms. The highest BCUT2D eigenvalue weighted by Gasteiger charge is 2.26. The van der Waals surface area contributed by atoms with Crippen LogP contribution in [0.4, 0.5) is 11.4 Å². The van der Waals surface area contributed by atoms with Gasteiger partial charge in [0.25, 0.3) is 5.91 Å². The van der Waals surface area contributed by atoms with Crippen molar-refractivity contribution >= 4 is 27.3 Å². The van der Waals surface area contributed by atoms with Crippen LogP contribution in [0.1, 0.15) is 23.2 Å². The number of nitrogens with zero attached hydrogens (tertiary/aromatic N) is 1. The Hall–Kier alpha value is -2.74. The first-order valence-electron chi connectivity index (χ1n) is 8.58. The summed E-state index contributed by atoms with van der Waals surface area (Å²) in [5.74, 6) is 0.818. The third-order valence-corrected chi connectivity index (χ3v) is 6.22. The van der Waals surface area contributed by atoms with Crippen LogP contribution in [0.5, 0.6) is 11.5 Å². The van der Waals surface area contributed by atoms with E-state index in [-0.39, 0.29) is 11.7 Å². The monoisotopic (exact) mass is 390 g/mol. The maximum absolute atomic E-state index is 12.6. The molecule has 7 nitrogen and oxygen atoms in total. The summed E-state index contributed by atoms with van der Waals surface area (Å²) in [4.78, 5) is 12.6. The van der Waals surface area contributed by atoms with E-state index in [4.69, 9.17) is 9.47 Å². The highest BCUT2D eigenvalue weighted by atomic mass is 32.2. The lowest BCUT2D eigenvalue weighted by atomic mass is 10.1. The zero-order valence-electron chi connectivity index (χ0n) is 15.3. The van der Waals surface area contributed by atoms with Gasteiger partial charge in [-0.25, -0.2) is 8.42 Å². The van der Waals surface area contributed by atoms with Gasteiger partial charge in [0.2, 0.25) is 10.0 Å². The van der Waals surface area contributed by atoms with Crippen LogP contribution in [0.15, 0.2) is 42.5 Å². The molecule has 0 radical (unpaired) electrons. The molecule has 1 aliphatic heterocycles. The molecule has 1 N–H and O–H groups in total. The molecule has 0 aromatic heterocycles. The Morgan fingerprint density at radius 3 is 2.37 bits per heavy atom. The number of amides is 1. The van der Waals surface area contributed by atoms with E-state index in [2.05, 4.69) is 5.32 Å². The summed E-state index contributed by atoms with van der Waals surface area (Å²) in [6.07, 6.45) is 1.49. The quantitative estimate of drug-likeness (QED) is 0.849. The molecular weight excluding hydrogens is 368 g/mol. The molecule has 1 fully saturated rings. The molecular formula is C19H22N2O5S. The standard InChI is InChI=1S/C19H22N2O5S/c1-25-17-10-14(11-18(13-17)26-2)19(22)20-15-6-5-7-16(12-15)21-8-3-4-9-27(21,23)24/h5-7,10-13H,3-4,8-9H2,1-2H3,(H,20,22). The van der Waals surface area contributed by atoms with E-state index in [0.29, 0.717) is 41.4 Å². The van der Waals surface area contributed by atoms with Gasteiger partial charge in [-0.05, 0) is 43.2 Å². The zero-order valence-corrected chi connectivity index (χ0v) is 16.1. The number of sulfonamides is 1. The molecule has 0 saturated carbocycles. The molecule has 1 amide bonds. The van der Waals surface area contributed by atoms with Crippen molar-refractivity contribution in [3.05, 3.63) is 48.0 Å². The van der Waals surface area contributed by atoms with Crippen LogP contribution in [0.3, 0.4) is 0 Å². The lowest BCUT2D eigenvalue weighted by Crippen LogP contribution is -2.37. The number of nitrogens with one attached hydrogen (secondary N) is 1. The summed E-state index contributed by atoms with van der Waals surface area (Å²) in [5.41, 5.74) is 1.44. The van der Waals surface area contributed by atoms with Crippen LogP contribution >= 0.6 is 0 Å². The normalized spacial score (nSPS) is 15.9. The van der Waals surface area contributed by atoms with E-state index < -0.39 is 10.0 Å². The van der Waals surface area contributed by atoms with E-state index >= 15 is 0 Å². The van der Waals surface area contributed by atoms with Gasteiger partial charge in [-0.2, -0.15) is 0 Å². The fourth-order valence-corrected chi connectivity index (χ4v) is 4.59. The van der Waals surface area contributed by atoms with Crippen molar-refractivity contribution in [3.63, 3.8) is 0 Å². The maximum atomic E-state index is 12.6. The summed E-state index contributed by atoms with van der Waals surface area (Å²) in [6, 6.07) is 11.7. The van der Waals surface area contributed by atoms with E-state index in [1.807, 2.05) is 0 Å². The number of ether oxygens (including phenoxy) is 2. The third-order valence-electron chi connectivity index (χ3n) is 4.35. The Morgan fingerprint density at radius 1 is 1.04 bits per heavy atom. The van der Waals surface area contributed by atoms with Gasteiger partial charge >= 0.3 is 0 Å². The summed E-state index contributed by atoms with van der Waals surface area (Å²) in [6.45, 7) is 0.451. The Labute approximate surface area is 158 Å². The van der Waals surface area contributed by atoms with Crippen molar-refractivity contribution in [2.45, 2.75) is 12.8 Å². The summed E-state index contributed by atoms with van der Waals surface area (Å²) >= 11 is 0. The minimum absolute atomic E-state index is 0.146. The number of rotatable bonds is 5. The van der Waals surface area contributed by atoms with Crippen molar-refractivity contribution in [3.8, 4) is 11.5 Å². The average Bonchev–Trinajstić information content (AvgIpc) is 2.67. The van der Waals surface area contributed by atoms with E-state index in [1.165, 1.54) is 18.5 Å². The summed E-state index contributed by atoms with van der Waals surface area (Å²) < 4.78 is 36.4. The number of carbonyl (C=O) groups is 1. The van der Waals surface area contributed by atoms with Crippen molar-refractivity contribution in [2.24, 2.45) is 0 Å². The highest BCUT2D eigenvalue weighted by molar-refractivity contribution is 7.92. The molecule has 2 aromatic rings. The Balaban J connectivity index is 1.83. The molecule has 1 saturated heterocycles. The molecule has 0 bridgehead atoms. The first kappa shape index (κ1) is 19.0. The number of carbonyl (C=O) groups excluding carboxylic acids is 1. The van der Waals surface area contributed by atoms with Gasteiger partial charge in [-0.3, -0.25) is 9.10 Å². The van der Waals surface area contributed by atoms with Crippen LogP contribution in [-0.2, 0) is 10.0 Å². The molecule has 0 atom stereocenters. The zero-order chi connectivity index (χ0) is 19.4. The molecule has 3 rings (SSSR count). The van der Waals surface area contributed by atoms with Gasteiger partial charge in [0.15, 0.2) is 0 Å². The van der Waals surface area contributed by atoms with Gasteiger partial charge in [-0.15, -0.1) is 0 Å². The SMILES string of the molecule is COc1cc(OC)cc(C(=O)Nc2cccc(N3CCCCS3(=O)=O)c2)c1. The van der Waals surface area contributed by atoms with Gasteiger partial charge in [0.1, 0.15) is 11.5 Å². The van der Waals surface area contributed by atoms with Gasteiger partial charge < -0.3 is 14.8 Å². The topological polar surface area (TPSA) is 84.9 Å². The van der Waals surface area contributed by atoms with Gasteiger partial charge in [0, 0.05) is 23.9 Å². The third kappa shape index (κ3) is 4.33. The van der Waals surface area contributed by atoms with Crippen molar-refractivity contribution < 1.29 is 22.7 Å². The Bertz CT molecular complexity index is 921. The van der Waals surface area contributed by atoms with Crippen LogP contribution in [-0.4, -0.2) is 40.8 Å². The fourth-order valence-electron chi connectivity index (χ4n) is 2.96. The molecule has 0 unspecified atom stereocenters. The van der Waals surface area contributed by atoms with E-state index in [9.17, 15) is 13.2 Å². The molecule has 0 aliphatic carbocycles. The van der Waals surface area contributed by atoms with Crippen LogP contribution < -0.4 is 19.1 Å². The van der Waals surface area contributed by atoms with Crippen LogP contribution in [0.2, 0.25) is 0 Å². The number of hydrogen-bond donors (Lipinski definition) is 1. The maximum Gasteiger partial charge on any atom is 0.255 e. The van der Waals surface area contributed by atoms with Gasteiger partial charge in [0.05, 0.1) is 25.7 Å². The van der Waals surface area contributed by atoms with Gasteiger partial charge in [-0.1, -0.05) is 6.07 Å². The molecule has 0 spiro atoms. The minimum Gasteiger partial charge on any atom is -0.497 e. The first-order chi connectivity index (χ1) is 12.9. The number of anilines is 2. The van der Waals surface area contributed by atoms with Crippen LogP contribution in [0, 0.1) is 0 Å². The first-order valence-corrected chi connectivity index (χ1v) is 10.2. The highest BCUT2D eigenvalue weighted by Crippen LogP contribution is 2.27. The predicted octanol–water partition coefficient (Wildman–Crippen LogP) is 2.89. The average molecular weight is 390 g/mol. The lowest BCUT2D eigenvalue weighted by Gasteiger charge is -2.28. The molecule has 1 heterocycles. The molecule has 2 aromatic carbocycles. The number of hydrogen-bond acceptors (Lipinski definition) is 5. The lowest BCUT2D eigenvalue weighted by molar-refractivity contribution is 0.102. The minimum atomic E-state index is -3.30. The fraction of sp³-hybridized carbons (Fsp3) is 0.316. The second kappa shape index (κ2) is 7.87. The van der Waals surface area contributed by atoms with Crippen molar-refractivity contribution in [1.82, 2.24) is 0 Å².